The fraction of sp³-hybridized carbons (Fsp3) is 0.444. The molecule has 1 aliphatic rings. The number of aromatic amines is 1. The average molecular weight is 479 g/mol. The van der Waals surface area contributed by atoms with Crippen LogP contribution in [0.1, 0.15) is 11.4 Å². The molecule has 0 saturated carbocycles. The van der Waals surface area contributed by atoms with Gasteiger partial charge in [-0.15, -0.1) is 0 Å². The molecule has 29 heavy (non-hydrogen) atoms. The molecule has 9 nitrogen and oxygen atoms in total. The van der Waals surface area contributed by atoms with Crippen LogP contribution in [0.5, 0.6) is 0 Å². The lowest BCUT2D eigenvalue weighted by Crippen LogP contribution is -2.25. The minimum absolute atomic E-state index is 0.270. The SMILES string of the molecule is C[Si](C)(C)CCOCn1c(-c2n[nH]c3cc(Br)ncc23)nc2c1CN(C(=O)O)C2. The molecular formula is C18H23BrN6O3Si. The third kappa shape index (κ3) is 4.07. The number of pyridine rings is 1. The molecule has 2 N–H and O–H groups in total. The minimum atomic E-state index is -1.20. The van der Waals surface area contributed by atoms with Crippen molar-refractivity contribution in [2.45, 2.75) is 45.5 Å². The quantitative estimate of drug-likeness (QED) is 0.316. The lowest BCUT2D eigenvalue weighted by atomic mass is 10.2. The highest BCUT2D eigenvalue weighted by Gasteiger charge is 2.31. The predicted octanol–water partition coefficient (Wildman–Crippen LogP) is 3.89. The van der Waals surface area contributed by atoms with Crippen LogP contribution in [0.2, 0.25) is 25.7 Å². The van der Waals surface area contributed by atoms with Gasteiger partial charge in [0.05, 0.1) is 30.0 Å². The summed E-state index contributed by atoms with van der Waals surface area (Å²) < 4.78 is 8.64. The number of rotatable bonds is 6. The Labute approximate surface area is 177 Å². The highest BCUT2D eigenvalue weighted by molar-refractivity contribution is 9.10. The number of H-pyrrole nitrogens is 1. The second-order valence-electron chi connectivity index (χ2n) is 8.37. The van der Waals surface area contributed by atoms with Gasteiger partial charge in [0.2, 0.25) is 0 Å². The first-order valence-electron chi connectivity index (χ1n) is 9.37. The molecule has 0 unspecified atom stereocenters. The molecule has 3 aromatic rings. The van der Waals surface area contributed by atoms with E-state index in [0.29, 0.717) is 31.4 Å². The van der Waals surface area contributed by atoms with Crippen molar-refractivity contribution in [2.24, 2.45) is 0 Å². The molecule has 0 aromatic carbocycles. The molecular weight excluding hydrogens is 456 g/mol. The van der Waals surface area contributed by atoms with Crippen LogP contribution in [-0.2, 0) is 24.6 Å². The normalized spacial score (nSPS) is 14.0. The molecule has 1 amide bonds. The molecule has 4 heterocycles. The van der Waals surface area contributed by atoms with Crippen molar-refractivity contribution in [2.75, 3.05) is 6.61 Å². The Morgan fingerprint density at radius 3 is 2.90 bits per heavy atom. The smallest absolute Gasteiger partial charge is 0.408 e. The predicted molar refractivity (Wildman–Crippen MR) is 114 cm³/mol. The summed E-state index contributed by atoms with van der Waals surface area (Å²) in [7, 11) is -1.20. The highest BCUT2D eigenvalue weighted by Crippen LogP contribution is 2.32. The van der Waals surface area contributed by atoms with Gasteiger partial charge in [0.15, 0.2) is 5.82 Å². The summed E-state index contributed by atoms with van der Waals surface area (Å²) >= 11 is 3.37. The standard InChI is InChI=1S/C18H23BrN6O3Si/c1-29(2,3)5-4-28-10-25-14-9-24(18(26)27)8-13(14)21-17(25)16-11-7-20-15(19)6-12(11)22-23-16/h6-7H,4-5,8-10H2,1-3H3,(H,22,23)(H,26,27). The molecule has 0 spiro atoms. The van der Waals surface area contributed by atoms with Crippen LogP contribution in [0.3, 0.4) is 0 Å². The fourth-order valence-electron chi connectivity index (χ4n) is 3.30. The number of imidazole rings is 1. The lowest BCUT2D eigenvalue weighted by Gasteiger charge is -2.17. The van der Waals surface area contributed by atoms with Gasteiger partial charge in [-0.3, -0.25) is 10.00 Å². The molecule has 3 aromatic heterocycles. The third-order valence-electron chi connectivity index (χ3n) is 4.95. The van der Waals surface area contributed by atoms with Gasteiger partial charge in [-0.05, 0) is 28.0 Å². The van der Waals surface area contributed by atoms with E-state index in [0.717, 1.165) is 32.9 Å². The van der Waals surface area contributed by atoms with Crippen LogP contribution >= 0.6 is 15.9 Å². The molecule has 0 radical (unpaired) electrons. The Kier molecular flexibility index (Phi) is 5.21. The van der Waals surface area contributed by atoms with Crippen molar-refractivity contribution < 1.29 is 14.6 Å². The number of ether oxygens (including phenoxy) is 1. The van der Waals surface area contributed by atoms with Gasteiger partial charge >= 0.3 is 6.09 Å². The summed E-state index contributed by atoms with van der Waals surface area (Å²) in [6.07, 6.45) is 0.799. The van der Waals surface area contributed by atoms with Gasteiger partial charge in [0.25, 0.3) is 0 Å². The van der Waals surface area contributed by atoms with E-state index in [4.69, 9.17) is 9.72 Å². The van der Waals surface area contributed by atoms with Crippen LogP contribution in [0, 0.1) is 0 Å². The van der Waals surface area contributed by atoms with Gasteiger partial charge < -0.3 is 14.4 Å². The highest BCUT2D eigenvalue weighted by atomic mass is 79.9. The molecule has 0 saturated heterocycles. The van der Waals surface area contributed by atoms with Gasteiger partial charge in [-0.1, -0.05) is 19.6 Å². The van der Waals surface area contributed by atoms with Gasteiger partial charge in [0, 0.05) is 26.3 Å². The van der Waals surface area contributed by atoms with E-state index in [1.54, 1.807) is 6.20 Å². The van der Waals surface area contributed by atoms with Gasteiger partial charge in [-0.25, -0.2) is 14.8 Å². The molecule has 154 valence electrons. The summed E-state index contributed by atoms with van der Waals surface area (Å²) in [6.45, 7) is 8.47. The fourth-order valence-corrected chi connectivity index (χ4v) is 4.39. The summed E-state index contributed by atoms with van der Waals surface area (Å²) in [5.74, 6) is 0.670. The summed E-state index contributed by atoms with van der Waals surface area (Å²) in [5.41, 5.74) is 3.14. The van der Waals surface area contributed by atoms with Crippen molar-refractivity contribution in [1.82, 2.24) is 29.6 Å². The number of hydrogen-bond donors (Lipinski definition) is 2. The van der Waals surface area contributed by atoms with E-state index in [9.17, 15) is 9.90 Å². The van der Waals surface area contributed by atoms with Crippen molar-refractivity contribution in [3.05, 3.63) is 28.3 Å². The topological polar surface area (TPSA) is 109 Å². The first kappa shape index (κ1) is 20.0. The van der Waals surface area contributed by atoms with Crippen LogP contribution in [0.25, 0.3) is 22.4 Å². The lowest BCUT2D eigenvalue weighted by molar-refractivity contribution is 0.0849. The van der Waals surface area contributed by atoms with Crippen molar-refractivity contribution in [1.29, 1.82) is 0 Å². The Morgan fingerprint density at radius 2 is 2.17 bits per heavy atom. The molecule has 1 aliphatic heterocycles. The zero-order valence-corrected chi connectivity index (χ0v) is 19.2. The second-order valence-corrected chi connectivity index (χ2v) is 14.8. The zero-order chi connectivity index (χ0) is 20.8. The van der Waals surface area contributed by atoms with Crippen LogP contribution in [-0.4, -0.2) is 55.5 Å². The first-order chi connectivity index (χ1) is 13.7. The number of halogens is 1. The van der Waals surface area contributed by atoms with E-state index < -0.39 is 14.2 Å². The zero-order valence-electron chi connectivity index (χ0n) is 16.6. The van der Waals surface area contributed by atoms with E-state index >= 15 is 0 Å². The van der Waals surface area contributed by atoms with Crippen LogP contribution in [0.15, 0.2) is 16.9 Å². The molecule has 0 bridgehead atoms. The monoisotopic (exact) mass is 478 g/mol. The number of nitrogens with zero attached hydrogens (tertiary/aromatic N) is 5. The number of carbonyl (C=O) groups is 1. The molecule has 0 fully saturated rings. The molecule has 4 rings (SSSR count). The van der Waals surface area contributed by atoms with Crippen molar-refractivity contribution in [3.63, 3.8) is 0 Å². The van der Waals surface area contributed by atoms with E-state index in [2.05, 4.69) is 50.8 Å². The average Bonchev–Trinajstić information content (AvgIpc) is 3.30. The Hall–Kier alpha value is -2.24. The number of nitrogens with one attached hydrogen (secondary N) is 1. The Morgan fingerprint density at radius 1 is 1.38 bits per heavy atom. The summed E-state index contributed by atoms with van der Waals surface area (Å²) in [4.78, 5) is 21.8. The van der Waals surface area contributed by atoms with Gasteiger partial charge in [-0.2, -0.15) is 5.10 Å². The number of aromatic nitrogens is 5. The minimum Gasteiger partial charge on any atom is -0.465 e. The number of carboxylic acid groups (broad SMARTS) is 1. The maximum atomic E-state index is 11.4. The Balaban J connectivity index is 1.68. The largest absolute Gasteiger partial charge is 0.465 e. The second kappa shape index (κ2) is 7.54. The first-order valence-corrected chi connectivity index (χ1v) is 13.9. The van der Waals surface area contributed by atoms with Crippen molar-refractivity contribution in [3.8, 4) is 11.5 Å². The molecule has 11 heteroatoms. The Bertz CT molecular complexity index is 1070. The summed E-state index contributed by atoms with van der Waals surface area (Å²) in [5, 5.41) is 17.7. The maximum Gasteiger partial charge on any atom is 0.408 e. The van der Waals surface area contributed by atoms with E-state index in [-0.39, 0.29) is 6.54 Å². The number of fused-ring (bicyclic) bond motifs is 2. The van der Waals surface area contributed by atoms with Crippen LogP contribution < -0.4 is 0 Å². The van der Waals surface area contributed by atoms with Crippen molar-refractivity contribution >= 4 is 41.0 Å². The van der Waals surface area contributed by atoms with Gasteiger partial charge in [0.1, 0.15) is 17.0 Å². The third-order valence-corrected chi connectivity index (χ3v) is 7.09. The number of hydrogen-bond acceptors (Lipinski definition) is 5. The molecule has 0 aliphatic carbocycles. The van der Waals surface area contributed by atoms with Crippen LogP contribution in [0.4, 0.5) is 4.79 Å². The molecule has 0 atom stereocenters. The van der Waals surface area contributed by atoms with E-state index in [1.807, 2.05) is 10.6 Å². The summed E-state index contributed by atoms with van der Waals surface area (Å²) in [6, 6.07) is 2.92. The van der Waals surface area contributed by atoms with E-state index in [1.165, 1.54) is 4.90 Å². The number of amides is 1. The maximum absolute atomic E-state index is 11.4.